The standard InChI is InChI=1S/C17H19N7O3/c25-17(19-8-15-22-16(27-23-15)14-5-2-6-26-14)21-13-4-1-3-12(7-13)9-24-11-18-10-20-24/h1,3-4,7,10-11,14H,2,5-6,8-9H2,(H2,19,21,25)/t14-/m1/s1. The molecule has 0 unspecified atom stereocenters. The number of hydrogen-bond acceptors (Lipinski definition) is 7. The van der Waals surface area contributed by atoms with Crippen molar-refractivity contribution in [3.8, 4) is 0 Å². The molecule has 0 saturated carbocycles. The van der Waals surface area contributed by atoms with E-state index < -0.39 is 0 Å². The highest BCUT2D eigenvalue weighted by molar-refractivity contribution is 5.89. The van der Waals surface area contributed by atoms with E-state index in [4.69, 9.17) is 9.26 Å². The Kier molecular flexibility index (Phi) is 5.06. The highest BCUT2D eigenvalue weighted by atomic mass is 16.5. The Morgan fingerprint density at radius 1 is 1.37 bits per heavy atom. The molecule has 1 saturated heterocycles. The number of carbonyl (C=O) groups is 1. The van der Waals surface area contributed by atoms with Gasteiger partial charge in [-0.15, -0.1) is 0 Å². The van der Waals surface area contributed by atoms with E-state index in [1.807, 2.05) is 24.3 Å². The summed E-state index contributed by atoms with van der Waals surface area (Å²) in [6, 6.07) is 7.17. The first-order chi connectivity index (χ1) is 13.3. The molecular weight excluding hydrogens is 350 g/mol. The molecule has 1 aliphatic heterocycles. The summed E-state index contributed by atoms with van der Waals surface area (Å²) in [5.41, 5.74) is 1.68. The highest BCUT2D eigenvalue weighted by Crippen LogP contribution is 2.26. The van der Waals surface area contributed by atoms with Gasteiger partial charge < -0.3 is 19.9 Å². The second kappa shape index (κ2) is 7.96. The molecule has 140 valence electrons. The quantitative estimate of drug-likeness (QED) is 0.680. The van der Waals surface area contributed by atoms with Crippen molar-refractivity contribution in [2.45, 2.75) is 32.0 Å². The zero-order chi connectivity index (χ0) is 18.5. The summed E-state index contributed by atoms with van der Waals surface area (Å²) >= 11 is 0. The van der Waals surface area contributed by atoms with E-state index in [1.165, 1.54) is 6.33 Å². The van der Waals surface area contributed by atoms with Crippen LogP contribution in [0, 0.1) is 0 Å². The fourth-order valence-electron chi connectivity index (χ4n) is 2.83. The maximum atomic E-state index is 12.1. The number of rotatable bonds is 6. The molecular formula is C17H19N7O3. The van der Waals surface area contributed by atoms with Crippen LogP contribution in [-0.2, 0) is 17.8 Å². The Hall–Kier alpha value is -3.27. The number of hydrogen-bond donors (Lipinski definition) is 2. The molecule has 0 radical (unpaired) electrons. The van der Waals surface area contributed by atoms with Gasteiger partial charge in [0.1, 0.15) is 18.8 Å². The summed E-state index contributed by atoms with van der Waals surface area (Å²) < 4.78 is 12.4. The topological polar surface area (TPSA) is 120 Å². The summed E-state index contributed by atoms with van der Waals surface area (Å²) in [5, 5.41) is 13.4. The van der Waals surface area contributed by atoms with Crippen molar-refractivity contribution in [3.05, 3.63) is 54.2 Å². The summed E-state index contributed by atoms with van der Waals surface area (Å²) in [7, 11) is 0. The van der Waals surface area contributed by atoms with E-state index in [-0.39, 0.29) is 18.7 Å². The van der Waals surface area contributed by atoms with Gasteiger partial charge in [-0.1, -0.05) is 17.3 Å². The van der Waals surface area contributed by atoms with Gasteiger partial charge in [0.25, 0.3) is 5.89 Å². The van der Waals surface area contributed by atoms with Gasteiger partial charge in [-0.3, -0.25) is 0 Å². The Morgan fingerprint density at radius 3 is 3.15 bits per heavy atom. The number of benzene rings is 1. The van der Waals surface area contributed by atoms with Crippen molar-refractivity contribution in [1.82, 2.24) is 30.2 Å². The molecule has 1 fully saturated rings. The van der Waals surface area contributed by atoms with Gasteiger partial charge in [0.2, 0.25) is 0 Å². The Labute approximate surface area is 154 Å². The van der Waals surface area contributed by atoms with E-state index >= 15 is 0 Å². The highest BCUT2D eigenvalue weighted by Gasteiger charge is 2.23. The van der Waals surface area contributed by atoms with E-state index in [9.17, 15) is 4.79 Å². The molecule has 2 N–H and O–H groups in total. The molecule has 2 amide bonds. The van der Waals surface area contributed by atoms with Crippen LogP contribution in [0.5, 0.6) is 0 Å². The number of ether oxygens (including phenoxy) is 1. The van der Waals surface area contributed by atoms with Gasteiger partial charge in [0.15, 0.2) is 5.82 Å². The van der Waals surface area contributed by atoms with Crippen molar-refractivity contribution in [1.29, 1.82) is 0 Å². The molecule has 10 nitrogen and oxygen atoms in total. The van der Waals surface area contributed by atoms with Crippen molar-refractivity contribution < 1.29 is 14.1 Å². The van der Waals surface area contributed by atoms with Crippen molar-refractivity contribution in [2.75, 3.05) is 11.9 Å². The lowest BCUT2D eigenvalue weighted by Crippen LogP contribution is -2.28. The average Bonchev–Trinajstić information content (AvgIpc) is 3.42. The second-order valence-corrected chi connectivity index (χ2v) is 6.15. The molecule has 0 aliphatic carbocycles. The number of nitrogens with one attached hydrogen (secondary N) is 2. The molecule has 1 atom stereocenters. The Bertz CT molecular complexity index is 888. The first-order valence-corrected chi connectivity index (χ1v) is 8.66. The Balaban J connectivity index is 1.29. The van der Waals surface area contributed by atoms with Crippen molar-refractivity contribution in [3.63, 3.8) is 0 Å². The summed E-state index contributed by atoms with van der Waals surface area (Å²) in [6.07, 6.45) is 4.85. The van der Waals surface area contributed by atoms with Crippen LogP contribution in [0.2, 0.25) is 0 Å². The molecule has 1 aliphatic rings. The number of nitrogens with zero attached hydrogens (tertiary/aromatic N) is 5. The largest absolute Gasteiger partial charge is 0.368 e. The van der Waals surface area contributed by atoms with Gasteiger partial charge in [0, 0.05) is 12.3 Å². The third-order valence-electron chi connectivity index (χ3n) is 4.09. The van der Waals surface area contributed by atoms with E-state index in [2.05, 4.69) is 30.9 Å². The lowest BCUT2D eigenvalue weighted by molar-refractivity contribution is 0.0835. The van der Waals surface area contributed by atoms with Crippen LogP contribution in [0.15, 0.2) is 41.4 Å². The summed E-state index contributed by atoms with van der Waals surface area (Å²) in [6.45, 7) is 1.45. The predicted molar refractivity (Wildman–Crippen MR) is 93.6 cm³/mol. The number of amides is 2. The molecule has 2 aromatic heterocycles. The summed E-state index contributed by atoms with van der Waals surface area (Å²) in [4.78, 5) is 20.3. The van der Waals surface area contributed by atoms with Gasteiger partial charge >= 0.3 is 6.03 Å². The molecule has 0 spiro atoms. The van der Waals surface area contributed by atoms with Crippen LogP contribution in [0.3, 0.4) is 0 Å². The van der Waals surface area contributed by atoms with Gasteiger partial charge in [-0.05, 0) is 30.5 Å². The third-order valence-corrected chi connectivity index (χ3v) is 4.09. The fraction of sp³-hybridized carbons (Fsp3) is 0.353. The second-order valence-electron chi connectivity index (χ2n) is 6.15. The SMILES string of the molecule is O=C(NCc1noc([C@H]2CCCO2)n1)Nc1cccc(Cn2cncn2)c1. The zero-order valence-electron chi connectivity index (χ0n) is 14.5. The van der Waals surface area contributed by atoms with E-state index in [0.717, 1.165) is 18.4 Å². The third kappa shape index (κ3) is 4.47. The minimum Gasteiger partial charge on any atom is -0.368 e. The number of urea groups is 1. The molecule has 3 aromatic rings. The molecule has 4 rings (SSSR count). The molecule has 1 aromatic carbocycles. The maximum absolute atomic E-state index is 12.1. The average molecular weight is 369 g/mol. The molecule has 0 bridgehead atoms. The monoisotopic (exact) mass is 369 g/mol. The summed E-state index contributed by atoms with van der Waals surface area (Å²) in [5.74, 6) is 0.876. The number of aromatic nitrogens is 5. The van der Waals surface area contributed by atoms with Crippen molar-refractivity contribution >= 4 is 11.7 Å². The minimum atomic E-state index is -0.351. The lowest BCUT2D eigenvalue weighted by atomic mass is 10.2. The van der Waals surface area contributed by atoms with Crippen LogP contribution in [0.25, 0.3) is 0 Å². The van der Waals surface area contributed by atoms with Crippen molar-refractivity contribution in [2.24, 2.45) is 0 Å². The maximum Gasteiger partial charge on any atom is 0.319 e. The first kappa shape index (κ1) is 17.2. The predicted octanol–water partition coefficient (Wildman–Crippen LogP) is 1.88. The van der Waals surface area contributed by atoms with Gasteiger partial charge in [0.05, 0.1) is 13.1 Å². The van der Waals surface area contributed by atoms with Crippen LogP contribution in [-0.4, -0.2) is 37.5 Å². The zero-order valence-corrected chi connectivity index (χ0v) is 14.5. The first-order valence-electron chi connectivity index (χ1n) is 8.66. The van der Waals surface area contributed by atoms with Crippen LogP contribution < -0.4 is 10.6 Å². The molecule has 10 heteroatoms. The normalized spacial score (nSPS) is 16.4. The van der Waals surface area contributed by atoms with Crippen LogP contribution >= 0.6 is 0 Å². The van der Waals surface area contributed by atoms with Gasteiger partial charge in [-0.25, -0.2) is 14.5 Å². The Morgan fingerprint density at radius 2 is 2.33 bits per heavy atom. The smallest absolute Gasteiger partial charge is 0.319 e. The molecule has 27 heavy (non-hydrogen) atoms. The lowest BCUT2D eigenvalue weighted by Gasteiger charge is -2.08. The van der Waals surface area contributed by atoms with Gasteiger partial charge in [-0.2, -0.15) is 10.1 Å². The number of carbonyl (C=O) groups excluding carboxylic acids is 1. The fourth-order valence-corrected chi connectivity index (χ4v) is 2.83. The van der Waals surface area contributed by atoms with Crippen LogP contribution in [0.4, 0.5) is 10.5 Å². The minimum absolute atomic E-state index is 0.132. The van der Waals surface area contributed by atoms with Crippen LogP contribution in [0.1, 0.15) is 36.2 Å². The number of anilines is 1. The van der Waals surface area contributed by atoms with E-state index in [0.29, 0.717) is 30.6 Å². The molecule has 3 heterocycles. The van der Waals surface area contributed by atoms with E-state index in [1.54, 1.807) is 11.0 Å².